The lowest BCUT2D eigenvalue weighted by molar-refractivity contribution is 0.248. The zero-order valence-corrected chi connectivity index (χ0v) is 12.3. The van der Waals surface area contributed by atoms with Gasteiger partial charge in [0.05, 0.1) is 5.69 Å². The smallest absolute Gasteiger partial charge is 0.328 e. The Hall–Kier alpha value is -2.68. The molecule has 3 N–H and O–H groups in total. The number of hydrogen-bond acceptors (Lipinski definition) is 5. The maximum Gasteiger partial charge on any atom is 0.328 e. The number of nitrogens with zero attached hydrogens (tertiary/aromatic N) is 1. The number of benzene rings is 1. The van der Waals surface area contributed by atoms with Crippen LogP contribution in [0.3, 0.4) is 0 Å². The SMILES string of the molecule is CNC(=O)NS(=O)(=O)c1cnccc1Nc1cccc(F)c1. The summed E-state index contributed by atoms with van der Waals surface area (Å²) in [7, 11) is -2.82. The molecule has 1 heterocycles. The summed E-state index contributed by atoms with van der Waals surface area (Å²) in [4.78, 5) is 14.7. The first-order valence-electron chi connectivity index (χ1n) is 6.13. The third kappa shape index (κ3) is 3.70. The van der Waals surface area contributed by atoms with Crippen molar-refractivity contribution in [3.8, 4) is 0 Å². The van der Waals surface area contributed by atoms with E-state index in [2.05, 4.69) is 15.6 Å². The molecular weight excluding hydrogens is 311 g/mol. The average molecular weight is 324 g/mol. The van der Waals surface area contributed by atoms with Crippen molar-refractivity contribution in [2.45, 2.75) is 4.90 Å². The van der Waals surface area contributed by atoms with Gasteiger partial charge in [0.15, 0.2) is 0 Å². The summed E-state index contributed by atoms with van der Waals surface area (Å²) in [5.41, 5.74) is 0.527. The van der Waals surface area contributed by atoms with Crippen molar-refractivity contribution in [1.82, 2.24) is 15.0 Å². The number of anilines is 2. The predicted molar refractivity (Wildman–Crippen MR) is 78.7 cm³/mol. The average Bonchev–Trinajstić information content (AvgIpc) is 2.47. The monoisotopic (exact) mass is 324 g/mol. The third-order valence-corrected chi connectivity index (χ3v) is 3.99. The molecule has 0 unspecified atom stereocenters. The molecule has 0 radical (unpaired) electrons. The molecule has 7 nitrogen and oxygen atoms in total. The van der Waals surface area contributed by atoms with Crippen LogP contribution in [0.1, 0.15) is 0 Å². The van der Waals surface area contributed by atoms with Crippen LogP contribution in [0.15, 0.2) is 47.6 Å². The van der Waals surface area contributed by atoms with Gasteiger partial charge in [-0.1, -0.05) is 6.07 Å². The Morgan fingerprint density at radius 2 is 2.05 bits per heavy atom. The molecule has 0 aliphatic rings. The second kappa shape index (κ2) is 6.39. The molecule has 2 aromatic rings. The minimum Gasteiger partial charge on any atom is -0.354 e. The molecule has 2 amide bonds. The van der Waals surface area contributed by atoms with Gasteiger partial charge in [-0.05, 0) is 24.3 Å². The number of halogens is 1. The molecule has 1 aromatic carbocycles. The number of nitrogens with one attached hydrogen (secondary N) is 3. The Bertz CT molecular complexity index is 795. The van der Waals surface area contributed by atoms with E-state index in [9.17, 15) is 17.6 Å². The Kier molecular flexibility index (Phi) is 4.56. The number of hydrogen-bond donors (Lipinski definition) is 3. The number of carbonyl (C=O) groups is 1. The zero-order chi connectivity index (χ0) is 16.2. The number of amides is 2. The van der Waals surface area contributed by atoms with Gasteiger partial charge in [0, 0.05) is 25.1 Å². The highest BCUT2D eigenvalue weighted by Gasteiger charge is 2.21. The molecule has 116 valence electrons. The number of sulfonamides is 1. The van der Waals surface area contributed by atoms with Crippen LogP contribution in [0.25, 0.3) is 0 Å². The minimum atomic E-state index is -4.11. The highest BCUT2D eigenvalue weighted by Crippen LogP contribution is 2.24. The van der Waals surface area contributed by atoms with Crippen LogP contribution < -0.4 is 15.4 Å². The fraction of sp³-hybridized carbons (Fsp3) is 0.0769. The molecule has 0 bridgehead atoms. The van der Waals surface area contributed by atoms with Gasteiger partial charge in [0.2, 0.25) is 0 Å². The van der Waals surface area contributed by atoms with Crippen molar-refractivity contribution in [3.05, 3.63) is 48.5 Å². The van der Waals surface area contributed by atoms with Gasteiger partial charge in [-0.2, -0.15) is 0 Å². The maximum absolute atomic E-state index is 13.2. The van der Waals surface area contributed by atoms with E-state index in [1.165, 1.54) is 37.5 Å². The van der Waals surface area contributed by atoms with Gasteiger partial charge in [0.25, 0.3) is 10.0 Å². The van der Waals surface area contributed by atoms with Crippen LogP contribution >= 0.6 is 0 Å². The lowest BCUT2D eigenvalue weighted by Gasteiger charge is -2.12. The summed E-state index contributed by atoms with van der Waals surface area (Å²) >= 11 is 0. The summed E-state index contributed by atoms with van der Waals surface area (Å²) < 4.78 is 39.3. The molecule has 0 atom stereocenters. The van der Waals surface area contributed by atoms with Crippen LogP contribution in [-0.4, -0.2) is 26.5 Å². The second-order valence-electron chi connectivity index (χ2n) is 4.19. The molecular formula is C13H13FN4O3S. The van der Waals surface area contributed by atoms with Crippen molar-refractivity contribution >= 4 is 27.4 Å². The Morgan fingerprint density at radius 1 is 1.27 bits per heavy atom. The molecule has 0 saturated carbocycles. The minimum absolute atomic E-state index is 0.164. The molecule has 22 heavy (non-hydrogen) atoms. The highest BCUT2D eigenvalue weighted by molar-refractivity contribution is 7.90. The number of urea groups is 1. The molecule has 0 aliphatic heterocycles. The normalized spacial score (nSPS) is 10.8. The molecule has 0 fully saturated rings. The standard InChI is InChI=1S/C13H13FN4O3S/c1-15-13(19)18-22(20,21)12-8-16-6-5-11(12)17-10-4-2-3-9(14)7-10/h2-8H,1H3,(H,16,17)(H2,15,18,19). The highest BCUT2D eigenvalue weighted by atomic mass is 32.2. The van der Waals surface area contributed by atoms with Gasteiger partial charge < -0.3 is 10.6 Å². The van der Waals surface area contributed by atoms with Crippen LogP contribution in [0.4, 0.5) is 20.6 Å². The van der Waals surface area contributed by atoms with E-state index in [1.54, 1.807) is 6.07 Å². The van der Waals surface area contributed by atoms with Gasteiger partial charge in [-0.15, -0.1) is 0 Å². The lowest BCUT2D eigenvalue weighted by Crippen LogP contribution is -2.37. The van der Waals surface area contributed by atoms with E-state index in [1.807, 2.05) is 4.72 Å². The van der Waals surface area contributed by atoms with Crippen LogP contribution in [0.2, 0.25) is 0 Å². The Morgan fingerprint density at radius 3 is 2.73 bits per heavy atom. The summed E-state index contributed by atoms with van der Waals surface area (Å²) in [5.74, 6) is -0.466. The molecule has 0 spiro atoms. The van der Waals surface area contributed by atoms with Crippen molar-refractivity contribution in [1.29, 1.82) is 0 Å². The van der Waals surface area contributed by atoms with Crippen molar-refractivity contribution in [2.75, 3.05) is 12.4 Å². The topological polar surface area (TPSA) is 100 Å². The largest absolute Gasteiger partial charge is 0.354 e. The van der Waals surface area contributed by atoms with E-state index < -0.39 is 21.9 Å². The van der Waals surface area contributed by atoms with Crippen molar-refractivity contribution < 1.29 is 17.6 Å². The number of carbonyl (C=O) groups excluding carboxylic acids is 1. The first-order chi connectivity index (χ1) is 10.4. The van der Waals surface area contributed by atoms with E-state index in [0.29, 0.717) is 5.69 Å². The number of aromatic nitrogens is 1. The first-order valence-corrected chi connectivity index (χ1v) is 7.62. The van der Waals surface area contributed by atoms with Gasteiger partial charge in [-0.25, -0.2) is 22.3 Å². The van der Waals surface area contributed by atoms with Crippen LogP contribution in [0.5, 0.6) is 0 Å². The molecule has 0 saturated heterocycles. The number of pyridine rings is 1. The predicted octanol–water partition coefficient (Wildman–Crippen LogP) is 1.58. The Labute approximate surface area is 126 Å². The summed E-state index contributed by atoms with van der Waals surface area (Å²) in [5, 5.41) is 4.93. The van der Waals surface area contributed by atoms with Gasteiger partial charge >= 0.3 is 6.03 Å². The molecule has 0 aliphatic carbocycles. The zero-order valence-electron chi connectivity index (χ0n) is 11.5. The Balaban J connectivity index is 2.36. The fourth-order valence-electron chi connectivity index (χ4n) is 1.65. The summed E-state index contributed by atoms with van der Waals surface area (Å²) in [6.07, 6.45) is 2.47. The fourth-order valence-corrected chi connectivity index (χ4v) is 2.71. The lowest BCUT2D eigenvalue weighted by atomic mass is 10.3. The first kappa shape index (κ1) is 15.7. The maximum atomic E-state index is 13.2. The molecule has 9 heteroatoms. The van der Waals surface area contributed by atoms with E-state index >= 15 is 0 Å². The van der Waals surface area contributed by atoms with E-state index in [4.69, 9.17) is 0 Å². The second-order valence-corrected chi connectivity index (χ2v) is 5.84. The van der Waals surface area contributed by atoms with Crippen LogP contribution in [-0.2, 0) is 10.0 Å². The number of rotatable bonds is 4. The van der Waals surface area contributed by atoms with E-state index in [0.717, 1.165) is 6.20 Å². The van der Waals surface area contributed by atoms with Crippen LogP contribution in [0, 0.1) is 5.82 Å². The summed E-state index contributed by atoms with van der Waals surface area (Å²) in [6, 6.07) is 6.07. The van der Waals surface area contributed by atoms with Gasteiger partial charge in [0.1, 0.15) is 10.7 Å². The van der Waals surface area contributed by atoms with Crippen molar-refractivity contribution in [3.63, 3.8) is 0 Å². The van der Waals surface area contributed by atoms with E-state index in [-0.39, 0.29) is 10.6 Å². The molecule has 2 rings (SSSR count). The van der Waals surface area contributed by atoms with Crippen molar-refractivity contribution in [2.24, 2.45) is 0 Å². The molecule has 1 aromatic heterocycles. The summed E-state index contributed by atoms with van der Waals surface area (Å²) in [6.45, 7) is 0. The van der Waals surface area contributed by atoms with Gasteiger partial charge in [-0.3, -0.25) is 4.98 Å². The quantitative estimate of drug-likeness (QED) is 0.793. The third-order valence-electron chi connectivity index (χ3n) is 2.63.